The van der Waals surface area contributed by atoms with E-state index in [-0.39, 0.29) is 10.6 Å². The average Bonchev–Trinajstić information content (AvgIpc) is 2.43. The van der Waals surface area contributed by atoms with Crippen LogP contribution < -0.4 is 10.5 Å². The summed E-state index contributed by atoms with van der Waals surface area (Å²) < 4.78 is 27.4. The number of hydrogen-bond donors (Lipinski definition) is 2. The van der Waals surface area contributed by atoms with E-state index in [0.29, 0.717) is 24.9 Å². The van der Waals surface area contributed by atoms with Crippen LogP contribution in [0.3, 0.4) is 0 Å². The maximum Gasteiger partial charge on any atom is 0.214 e. The summed E-state index contributed by atoms with van der Waals surface area (Å²) in [5, 5.41) is 0.0403. The van der Waals surface area contributed by atoms with E-state index in [1.165, 1.54) is 0 Å². The minimum absolute atomic E-state index is 0.219. The molecule has 0 saturated heterocycles. The van der Waals surface area contributed by atoms with Crippen LogP contribution in [0.4, 0.5) is 0 Å². The van der Waals surface area contributed by atoms with Crippen LogP contribution in [0, 0.1) is 11.8 Å². The third kappa shape index (κ3) is 4.09. The zero-order valence-electron chi connectivity index (χ0n) is 12.1. The first-order chi connectivity index (χ1) is 9.54. The maximum absolute atomic E-state index is 12.3. The molecule has 2 aliphatic carbocycles. The van der Waals surface area contributed by atoms with Gasteiger partial charge in [-0.3, -0.25) is 0 Å². The second-order valence-corrected chi connectivity index (χ2v) is 8.85. The van der Waals surface area contributed by atoms with Gasteiger partial charge in [0.1, 0.15) is 0 Å². The van der Waals surface area contributed by atoms with E-state index in [1.807, 2.05) is 0 Å². The third-order valence-corrected chi connectivity index (χ3v) is 7.34. The summed E-state index contributed by atoms with van der Waals surface area (Å²) in [7, 11) is -3.17. The first-order valence-electron chi connectivity index (χ1n) is 7.87. The Kier molecular flexibility index (Phi) is 6.14. The second kappa shape index (κ2) is 7.43. The van der Waals surface area contributed by atoms with E-state index in [4.69, 9.17) is 17.3 Å². The third-order valence-electron chi connectivity index (χ3n) is 4.89. The molecule has 4 nitrogen and oxygen atoms in total. The topological polar surface area (TPSA) is 72.2 Å². The van der Waals surface area contributed by atoms with E-state index < -0.39 is 10.0 Å². The van der Waals surface area contributed by atoms with Crippen LogP contribution >= 0.6 is 11.6 Å². The zero-order valence-corrected chi connectivity index (χ0v) is 13.6. The first kappa shape index (κ1) is 16.5. The number of rotatable bonds is 6. The van der Waals surface area contributed by atoms with Crippen molar-refractivity contribution in [2.75, 3.05) is 13.1 Å². The van der Waals surface area contributed by atoms with E-state index in [2.05, 4.69) is 4.72 Å². The SMILES string of the molecule is NCCCCNS(=O)(=O)C1CCC2C(Cl)CCCC2C1. The lowest BCUT2D eigenvalue weighted by atomic mass is 9.70. The Labute approximate surface area is 127 Å². The molecule has 3 N–H and O–H groups in total. The summed E-state index contributed by atoms with van der Waals surface area (Å²) in [5.74, 6) is 1.04. The molecule has 6 heteroatoms. The molecule has 118 valence electrons. The molecule has 4 atom stereocenters. The van der Waals surface area contributed by atoms with Crippen molar-refractivity contribution in [3.05, 3.63) is 0 Å². The van der Waals surface area contributed by atoms with Crippen LogP contribution in [0.5, 0.6) is 0 Å². The molecule has 20 heavy (non-hydrogen) atoms. The lowest BCUT2D eigenvalue weighted by molar-refractivity contribution is 0.177. The predicted molar refractivity (Wildman–Crippen MR) is 83.3 cm³/mol. The van der Waals surface area contributed by atoms with Gasteiger partial charge < -0.3 is 5.73 Å². The molecule has 0 bridgehead atoms. The highest BCUT2D eigenvalue weighted by Gasteiger charge is 2.40. The van der Waals surface area contributed by atoms with Crippen molar-refractivity contribution in [3.8, 4) is 0 Å². The Morgan fingerprint density at radius 2 is 1.95 bits per heavy atom. The number of sulfonamides is 1. The minimum Gasteiger partial charge on any atom is -0.330 e. The summed E-state index contributed by atoms with van der Waals surface area (Å²) in [6, 6.07) is 0. The summed E-state index contributed by atoms with van der Waals surface area (Å²) in [6.07, 6.45) is 7.59. The monoisotopic (exact) mass is 322 g/mol. The van der Waals surface area contributed by atoms with Crippen LogP contribution in [0.15, 0.2) is 0 Å². The fourth-order valence-corrected chi connectivity index (χ4v) is 5.82. The van der Waals surface area contributed by atoms with Crippen LogP contribution in [-0.4, -0.2) is 32.1 Å². The number of halogens is 1. The predicted octanol–water partition coefficient (Wildman–Crippen LogP) is 2.22. The molecule has 0 aromatic carbocycles. The van der Waals surface area contributed by atoms with Crippen molar-refractivity contribution in [1.82, 2.24) is 4.72 Å². The number of nitrogens with two attached hydrogens (primary N) is 1. The van der Waals surface area contributed by atoms with Gasteiger partial charge in [-0.15, -0.1) is 11.6 Å². The number of nitrogens with one attached hydrogen (secondary N) is 1. The highest BCUT2D eigenvalue weighted by molar-refractivity contribution is 7.90. The van der Waals surface area contributed by atoms with Gasteiger partial charge in [-0.1, -0.05) is 12.8 Å². The number of unbranched alkanes of at least 4 members (excludes halogenated alkanes) is 1. The largest absolute Gasteiger partial charge is 0.330 e. The van der Waals surface area contributed by atoms with Crippen molar-refractivity contribution in [1.29, 1.82) is 0 Å². The molecule has 2 saturated carbocycles. The number of hydrogen-bond acceptors (Lipinski definition) is 3. The van der Waals surface area contributed by atoms with Gasteiger partial charge in [0, 0.05) is 11.9 Å². The van der Waals surface area contributed by atoms with Crippen molar-refractivity contribution >= 4 is 21.6 Å². The number of alkyl halides is 1. The van der Waals surface area contributed by atoms with Gasteiger partial charge in [0.05, 0.1) is 5.25 Å². The molecule has 2 rings (SSSR count). The summed E-state index contributed by atoms with van der Waals surface area (Å²) >= 11 is 6.39. The van der Waals surface area contributed by atoms with Crippen molar-refractivity contribution in [2.24, 2.45) is 17.6 Å². The Morgan fingerprint density at radius 3 is 2.70 bits per heavy atom. The molecule has 0 aliphatic heterocycles. The van der Waals surface area contributed by atoms with E-state index in [0.717, 1.165) is 51.4 Å². The van der Waals surface area contributed by atoms with Gasteiger partial charge in [-0.05, 0) is 56.9 Å². The van der Waals surface area contributed by atoms with Gasteiger partial charge in [-0.25, -0.2) is 13.1 Å². The average molecular weight is 323 g/mol. The van der Waals surface area contributed by atoms with Crippen molar-refractivity contribution in [3.63, 3.8) is 0 Å². The molecule has 4 unspecified atom stereocenters. The molecule has 2 fully saturated rings. The molecule has 0 aromatic rings. The smallest absolute Gasteiger partial charge is 0.214 e. The van der Waals surface area contributed by atoms with Crippen LogP contribution in [0.2, 0.25) is 0 Å². The molecule has 0 heterocycles. The maximum atomic E-state index is 12.3. The summed E-state index contributed by atoms with van der Waals surface area (Å²) in [5.41, 5.74) is 5.42. The lowest BCUT2D eigenvalue weighted by Gasteiger charge is -2.41. The van der Waals surface area contributed by atoms with Crippen molar-refractivity contribution < 1.29 is 8.42 Å². The molecule has 0 aromatic heterocycles. The van der Waals surface area contributed by atoms with Gasteiger partial charge in [0.25, 0.3) is 0 Å². The normalized spacial score (nSPS) is 34.7. The highest BCUT2D eigenvalue weighted by Crippen LogP contribution is 2.44. The fraction of sp³-hybridized carbons (Fsp3) is 1.00. The van der Waals surface area contributed by atoms with Crippen LogP contribution in [0.25, 0.3) is 0 Å². The molecular formula is C14H27ClN2O2S. The molecular weight excluding hydrogens is 296 g/mol. The Hall–Kier alpha value is 0.160. The molecule has 0 amide bonds. The highest BCUT2D eigenvalue weighted by atomic mass is 35.5. The van der Waals surface area contributed by atoms with Gasteiger partial charge in [0.2, 0.25) is 10.0 Å². The van der Waals surface area contributed by atoms with Crippen molar-refractivity contribution in [2.45, 2.75) is 62.0 Å². The fourth-order valence-electron chi connectivity index (χ4n) is 3.73. The Bertz CT molecular complexity index is 402. The summed E-state index contributed by atoms with van der Waals surface area (Å²) in [4.78, 5) is 0. The standard InChI is InChI=1S/C14H27ClN2O2S/c15-14-5-3-4-11-10-12(6-7-13(11)14)20(18,19)17-9-2-1-8-16/h11-14,17H,1-10,16H2. The summed E-state index contributed by atoms with van der Waals surface area (Å²) in [6.45, 7) is 1.13. The minimum atomic E-state index is -3.17. The second-order valence-electron chi connectivity index (χ2n) is 6.24. The van der Waals surface area contributed by atoms with E-state index >= 15 is 0 Å². The van der Waals surface area contributed by atoms with Crippen LogP contribution in [-0.2, 0) is 10.0 Å². The van der Waals surface area contributed by atoms with Crippen LogP contribution in [0.1, 0.15) is 51.4 Å². The first-order valence-corrected chi connectivity index (χ1v) is 9.85. The van der Waals surface area contributed by atoms with E-state index in [9.17, 15) is 8.42 Å². The zero-order chi connectivity index (χ0) is 14.6. The van der Waals surface area contributed by atoms with Gasteiger partial charge in [-0.2, -0.15) is 0 Å². The number of fused-ring (bicyclic) bond motifs is 1. The lowest BCUT2D eigenvalue weighted by Crippen LogP contribution is -2.43. The molecule has 0 radical (unpaired) electrons. The quantitative estimate of drug-likeness (QED) is 0.582. The Morgan fingerprint density at radius 1 is 1.15 bits per heavy atom. The van der Waals surface area contributed by atoms with Gasteiger partial charge in [0.15, 0.2) is 0 Å². The molecule has 0 spiro atoms. The molecule has 2 aliphatic rings. The Balaban J connectivity index is 1.87. The van der Waals surface area contributed by atoms with E-state index in [1.54, 1.807) is 0 Å². The van der Waals surface area contributed by atoms with Gasteiger partial charge >= 0.3 is 0 Å².